The lowest BCUT2D eigenvalue weighted by molar-refractivity contribution is 0.480. The lowest BCUT2D eigenvalue weighted by Crippen LogP contribution is -2.34. The molecule has 1 rings (SSSR count). The molecule has 0 atom stereocenters. The lowest BCUT2D eigenvalue weighted by Gasteiger charge is -2.17. The molecule has 78 valence electrons. The monoisotopic (exact) mass is 212 g/mol. The van der Waals surface area contributed by atoms with Gasteiger partial charge in [-0.1, -0.05) is 0 Å². The molecular formula is C9H16N4S. The Hall–Kier alpha value is -1.10. The molecule has 5 heteroatoms. The zero-order valence-corrected chi connectivity index (χ0v) is 9.64. The summed E-state index contributed by atoms with van der Waals surface area (Å²) in [5.74, 6) is 0. The molecule has 4 nitrogen and oxygen atoms in total. The zero-order chi connectivity index (χ0) is 10.6. The molecule has 14 heavy (non-hydrogen) atoms. The number of rotatable bonds is 3. The van der Waals surface area contributed by atoms with E-state index in [0.717, 1.165) is 23.9 Å². The normalized spacial score (nSPS) is 9.93. The van der Waals surface area contributed by atoms with Crippen LogP contribution in [0.15, 0.2) is 12.3 Å². The Bertz CT molecular complexity index is 308. The van der Waals surface area contributed by atoms with Crippen molar-refractivity contribution in [2.75, 3.05) is 14.1 Å². The third-order valence-electron chi connectivity index (χ3n) is 1.98. The van der Waals surface area contributed by atoms with E-state index < -0.39 is 0 Å². The standard InChI is InChI=1S/C9H16N4S/c1-4-13-6-5-8(11-13)7-12(3)9(14)10-2/h5-6H,4,7H2,1-3H3,(H,10,14). The summed E-state index contributed by atoms with van der Waals surface area (Å²) in [7, 11) is 3.77. The molecule has 0 unspecified atom stereocenters. The maximum Gasteiger partial charge on any atom is 0.168 e. The Morgan fingerprint density at radius 3 is 2.93 bits per heavy atom. The second-order valence-corrected chi connectivity index (χ2v) is 3.46. The van der Waals surface area contributed by atoms with Gasteiger partial charge in [0, 0.05) is 26.8 Å². The van der Waals surface area contributed by atoms with Gasteiger partial charge >= 0.3 is 0 Å². The summed E-state index contributed by atoms with van der Waals surface area (Å²) in [4.78, 5) is 1.96. The fourth-order valence-electron chi connectivity index (χ4n) is 1.17. The largest absolute Gasteiger partial charge is 0.366 e. The molecule has 0 amide bonds. The lowest BCUT2D eigenvalue weighted by atomic mass is 10.4. The van der Waals surface area contributed by atoms with Crippen molar-refractivity contribution in [2.24, 2.45) is 0 Å². The second kappa shape index (κ2) is 4.95. The van der Waals surface area contributed by atoms with E-state index in [1.165, 1.54) is 0 Å². The van der Waals surface area contributed by atoms with Crippen LogP contribution in [0, 0.1) is 0 Å². The Labute approximate surface area is 89.9 Å². The number of hydrogen-bond acceptors (Lipinski definition) is 2. The second-order valence-electron chi connectivity index (χ2n) is 3.07. The number of aryl methyl sites for hydroxylation is 1. The van der Waals surface area contributed by atoms with Crippen LogP contribution in [0.4, 0.5) is 0 Å². The first-order valence-corrected chi connectivity index (χ1v) is 5.03. The van der Waals surface area contributed by atoms with Crippen LogP contribution >= 0.6 is 12.2 Å². The highest BCUT2D eigenvalue weighted by Gasteiger charge is 2.04. The Balaban J connectivity index is 2.55. The quantitative estimate of drug-likeness (QED) is 0.753. The van der Waals surface area contributed by atoms with E-state index in [1.807, 2.05) is 35.9 Å². The molecule has 1 aromatic rings. The van der Waals surface area contributed by atoms with Gasteiger partial charge in [-0.05, 0) is 25.2 Å². The average molecular weight is 212 g/mol. The molecular weight excluding hydrogens is 196 g/mol. The molecule has 0 saturated carbocycles. The van der Waals surface area contributed by atoms with Crippen LogP contribution in [0.1, 0.15) is 12.6 Å². The van der Waals surface area contributed by atoms with E-state index in [1.54, 1.807) is 0 Å². The van der Waals surface area contributed by atoms with Crippen molar-refractivity contribution in [3.8, 4) is 0 Å². The van der Waals surface area contributed by atoms with Crippen molar-refractivity contribution in [2.45, 2.75) is 20.0 Å². The van der Waals surface area contributed by atoms with Crippen LogP contribution in [-0.2, 0) is 13.1 Å². The van der Waals surface area contributed by atoms with Crippen LogP contribution in [0.3, 0.4) is 0 Å². The number of thiocarbonyl (C=S) groups is 1. The molecule has 0 aliphatic heterocycles. The molecule has 0 aliphatic rings. The molecule has 0 fully saturated rings. The first-order chi connectivity index (χ1) is 6.67. The van der Waals surface area contributed by atoms with E-state index in [2.05, 4.69) is 17.3 Å². The summed E-state index contributed by atoms with van der Waals surface area (Å²) in [6.45, 7) is 3.71. The van der Waals surface area contributed by atoms with Gasteiger partial charge in [0.2, 0.25) is 0 Å². The summed E-state index contributed by atoms with van der Waals surface area (Å²) in [5.41, 5.74) is 1.03. The minimum atomic E-state index is 0.732. The van der Waals surface area contributed by atoms with Gasteiger partial charge in [0.1, 0.15) is 0 Å². The average Bonchev–Trinajstić information content (AvgIpc) is 2.64. The van der Waals surface area contributed by atoms with E-state index >= 15 is 0 Å². The molecule has 0 saturated heterocycles. The highest BCUT2D eigenvalue weighted by Crippen LogP contribution is 2.00. The van der Waals surface area contributed by atoms with Gasteiger partial charge < -0.3 is 10.2 Å². The van der Waals surface area contributed by atoms with Crippen molar-refractivity contribution < 1.29 is 0 Å². The third kappa shape index (κ3) is 2.70. The van der Waals surface area contributed by atoms with Crippen LogP contribution in [0.2, 0.25) is 0 Å². The van der Waals surface area contributed by atoms with E-state index in [-0.39, 0.29) is 0 Å². The molecule has 0 bridgehead atoms. The van der Waals surface area contributed by atoms with Crippen molar-refractivity contribution >= 4 is 17.3 Å². The topological polar surface area (TPSA) is 33.1 Å². The van der Waals surface area contributed by atoms with Gasteiger partial charge in [-0.3, -0.25) is 4.68 Å². The molecule has 0 aliphatic carbocycles. The molecule has 1 aromatic heterocycles. The first-order valence-electron chi connectivity index (χ1n) is 4.62. The van der Waals surface area contributed by atoms with Crippen LogP contribution in [0.5, 0.6) is 0 Å². The first kappa shape index (κ1) is 11.0. The third-order valence-corrected chi connectivity index (χ3v) is 2.50. The minimum absolute atomic E-state index is 0.732. The summed E-state index contributed by atoms with van der Waals surface area (Å²) in [6, 6.07) is 2.01. The van der Waals surface area contributed by atoms with Gasteiger partial charge in [0.15, 0.2) is 5.11 Å². The molecule has 0 radical (unpaired) electrons. The molecule has 0 aromatic carbocycles. The summed E-state index contributed by atoms with van der Waals surface area (Å²) in [5, 5.41) is 8.03. The van der Waals surface area contributed by atoms with Gasteiger partial charge in [-0.25, -0.2) is 0 Å². The summed E-state index contributed by atoms with van der Waals surface area (Å²) < 4.78 is 1.91. The van der Waals surface area contributed by atoms with Crippen molar-refractivity contribution in [1.29, 1.82) is 0 Å². The maximum atomic E-state index is 5.09. The predicted molar refractivity (Wildman–Crippen MR) is 61.0 cm³/mol. The van der Waals surface area contributed by atoms with E-state index in [4.69, 9.17) is 12.2 Å². The summed E-state index contributed by atoms with van der Waals surface area (Å²) >= 11 is 5.09. The Morgan fingerprint density at radius 2 is 2.43 bits per heavy atom. The van der Waals surface area contributed by atoms with Crippen LogP contribution in [0.25, 0.3) is 0 Å². The maximum absolute atomic E-state index is 5.09. The van der Waals surface area contributed by atoms with E-state index in [9.17, 15) is 0 Å². The number of nitrogens with zero attached hydrogens (tertiary/aromatic N) is 3. The van der Waals surface area contributed by atoms with Crippen LogP contribution in [-0.4, -0.2) is 33.9 Å². The van der Waals surface area contributed by atoms with Crippen molar-refractivity contribution in [3.63, 3.8) is 0 Å². The fourth-order valence-corrected chi connectivity index (χ4v) is 1.23. The number of nitrogens with one attached hydrogen (secondary N) is 1. The highest BCUT2D eigenvalue weighted by atomic mass is 32.1. The Morgan fingerprint density at radius 1 is 1.71 bits per heavy atom. The highest BCUT2D eigenvalue weighted by molar-refractivity contribution is 7.80. The zero-order valence-electron chi connectivity index (χ0n) is 8.82. The fraction of sp³-hybridized carbons (Fsp3) is 0.556. The minimum Gasteiger partial charge on any atom is -0.366 e. The van der Waals surface area contributed by atoms with Gasteiger partial charge in [-0.2, -0.15) is 5.10 Å². The summed E-state index contributed by atoms with van der Waals surface area (Å²) in [6.07, 6.45) is 1.98. The molecule has 1 N–H and O–H groups in total. The number of aromatic nitrogens is 2. The van der Waals surface area contributed by atoms with Crippen LogP contribution < -0.4 is 5.32 Å². The van der Waals surface area contributed by atoms with Gasteiger partial charge in [-0.15, -0.1) is 0 Å². The molecule has 1 heterocycles. The van der Waals surface area contributed by atoms with Gasteiger partial charge in [0.05, 0.1) is 12.2 Å². The smallest absolute Gasteiger partial charge is 0.168 e. The number of hydrogen-bond donors (Lipinski definition) is 1. The molecule has 0 spiro atoms. The van der Waals surface area contributed by atoms with E-state index in [0.29, 0.717) is 0 Å². The van der Waals surface area contributed by atoms with Crippen molar-refractivity contribution in [1.82, 2.24) is 20.0 Å². The van der Waals surface area contributed by atoms with Crippen molar-refractivity contribution in [3.05, 3.63) is 18.0 Å². The van der Waals surface area contributed by atoms with Gasteiger partial charge in [0.25, 0.3) is 0 Å². The predicted octanol–water partition coefficient (Wildman–Crippen LogP) is 0.839. The Kier molecular flexibility index (Phi) is 3.88. The SMILES string of the molecule is CCn1ccc(CN(C)C(=S)NC)n1.